The summed E-state index contributed by atoms with van der Waals surface area (Å²) >= 11 is 0. The minimum absolute atomic E-state index is 0.0177. The third-order valence-electron chi connectivity index (χ3n) is 9.32. The smallest absolute Gasteiger partial charge is 0.269 e. The molecule has 0 unspecified atom stereocenters. The number of carbonyl (C=O) groups excluding carboxylic acids is 2. The summed E-state index contributed by atoms with van der Waals surface area (Å²) in [5, 5.41) is 51.6. The summed E-state index contributed by atoms with van der Waals surface area (Å²) in [5.41, 5.74) is 1.32. The number of nitrogens with one attached hydrogen (secondary N) is 2. The highest BCUT2D eigenvalue weighted by Crippen LogP contribution is 2.54. The second kappa shape index (κ2) is 20.6. The lowest BCUT2D eigenvalue weighted by atomic mass is 10.2. The van der Waals surface area contributed by atoms with Crippen LogP contribution in [0.5, 0.6) is 17.2 Å². The van der Waals surface area contributed by atoms with Gasteiger partial charge in [-0.05, 0) is 97.1 Å². The summed E-state index contributed by atoms with van der Waals surface area (Å²) in [7, 11) is -2.04. The quantitative estimate of drug-likeness (QED) is 0.0643. The topological polar surface area (TPSA) is 165 Å². The van der Waals surface area contributed by atoms with Gasteiger partial charge in [-0.15, -0.1) is 0 Å². The van der Waals surface area contributed by atoms with Crippen LogP contribution in [-0.4, -0.2) is 27.0 Å². The molecule has 0 bridgehead atoms. The van der Waals surface area contributed by atoms with Gasteiger partial charge in [-0.2, -0.15) is 0 Å². The molecule has 0 aromatic heterocycles. The van der Waals surface area contributed by atoms with Crippen LogP contribution in [0.25, 0.3) is 0 Å². The number of benzene rings is 8. The third kappa shape index (κ3) is 10.7. The first kappa shape index (κ1) is 42.5. The fourth-order valence-electron chi connectivity index (χ4n) is 6.43. The van der Waals surface area contributed by atoms with E-state index in [0.29, 0.717) is 17.1 Å². The Balaban J connectivity index is 0.000000159. The van der Waals surface area contributed by atoms with E-state index in [4.69, 9.17) is 0 Å². The lowest BCUT2D eigenvalue weighted by molar-refractivity contribution is -0.384. The Bertz CT molecular complexity index is 2570. The van der Waals surface area contributed by atoms with Crippen molar-refractivity contribution < 1.29 is 29.8 Å². The van der Waals surface area contributed by atoms with Crippen molar-refractivity contribution in [1.82, 2.24) is 0 Å². The molecule has 0 saturated heterocycles. The molecular formula is C50H40N3O7P. The molecule has 0 aliphatic heterocycles. The minimum Gasteiger partial charge on any atom is -0.872 e. The van der Waals surface area contributed by atoms with Gasteiger partial charge in [0.15, 0.2) is 0 Å². The Labute approximate surface area is 353 Å². The number of rotatable bonds is 9. The monoisotopic (exact) mass is 825 g/mol. The lowest BCUT2D eigenvalue weighted by Crippen LogP contribution is -2.38. The van der Waals surface area contributed by atoms with Crippen LogP contribution in [0.4, 0.5) is 17.1 Å². The van der Waals surface area contributed by atoms with Gasteiger partial charge in [0.1, 0.15) is 40.0 Å². The zero-order valence-corrected chi connectivity index (χ0v) is 33.5. The minimum atomic E-state index is -2.04. The predicted molar refractivity (Wildman–Crippen MR) is 242 cm³/mol. The van der Waals surface area contributed by atoms with Crippen molar-refractivity contribution in [2.75, 3.05) is 10.6 Å². The first-order valence-corrected chi connectivity index (χ1v) is 20.8. The van der Waals surface area contributed by atoms with Crippen LogP contribution in [0.15, 0.2) is 218 Å². The van der Waals surface area contributed by atoms with Crippen molar-refractivity contribution in [2.24, 2.45) is 0 Å². The highest BCUT2D eigenvalue weighted by atomic mass is 31.2. The number of nitro benzene ring substituents is 1. The number of phenolic OH excluding ortho intramolecular Hbond substituents is 2. The van der Waals surface area contributed by atoms with Gasteiger partial charge in [0.05, 0.1) is 10.5 Å². The first-order chi connectivity index (χ1) is 29.7. The van der Waals surface area contributed by atoms with Crippen LogP contribution in [0, 0.1) is 10.1 Å². The number of phenols is 2. The summed E-state index contributed by atoms with van der Waals surface area (Å²) in [4.78, 5) is 33.5. The molecule has 0 atom stereocenters. The van der Waals surface area contributed by atoms with Gasteiger partial charge in [0.25, 0.3) is 17.5 Å². The van der Waals surface area contributed by atoms with Crippen LogP contribution in [0.3, 0.4) is 0 Å². The number of nitrogens with zero attached hydrogens (tertiary/aromatic N) is 1. The molecule has 302 valence electrons. The van der Waals surface area contributed by atoms with E-state index in [-0.39, 0.29) is 34.2 Å². The van der Waals surface area contributed by atoms with Crippen LogP contribution >= 0.6 is 7.26 Å². The molecule has 0 heterocycles. The standard InChI is InChI=1S/C24H19OP.C13H10N2O4.C13H11NO2/c25-20-16-18-24(19-17-20)26(21-10-4-1-5-11-21,22-12-6-2-7-13-22)23-14-8-3-9-15-23;16-12-4-2-1-3-11(12)13(17)14-9-5-7-10(8-6-9)15(18)19;15-12-9-5-4-8-11(12)13(16)14-10-6-2-1-3-7-10/h1-19H;1-8,16H,(H,14,17);1-9,15H,(H,14,16). The Morgan fingerprint density at radius 3 is 1.28 bits per heavy atom. The van der Waals surface area contributed by atoms with Crippen LogP contribution in [-0.2, 0) is 0 Å². The summed E-state index contributed by atoms with van der Waals surface area (Å²) in [6.45, 7) is 0. The Kier molecular flexibility index (Phi) is 14.3. The largest absolute Gasteiger partial charge is 0.872 e. The molecule has 0 fully saturated rings. The number of hydrogen-bond acceptors (Lipinski definition) is 7. The van der Waals surface area contributed by atoms with E-state index in [9.17, 15) is 35.0 Å². The Hall–Kier alpha value is -8.07. The van der Waals surface area contributed by atoms with E-state index in [1.165, 1.54) is 63.7 Å². The second-order valence-corrected chi connectivity index (χ2v) is 16.7. The van der Waals surface area contributed by atoms with Crippen LogP contribution in [0.2, 0.25) is 0 Å². The predicted octanol–water partition coefficient (Wildman–Crippen LogP) is 8.58. The van der Waals surface area contributed by atoms with Crippen molar-refractivity contribution >= 4 is 57.4 Å². The number of hydrogen-bond donors (Lipinski definition) is 4. The van der Waals surface area contributed by atoms with E-state index in [0.717, 1.165) is 0 Å². The molecule has 0 aliphatic rings. The first-order valence-electron chi connectivity index (χ1n) is 19.0. The van der Waals surface area contributed by atoms with E-state index < -0.39 is 18.1 Å². The number of carbonyl (C=O) groups is 2. The fraction of sp³-hybridized carbons (Fsp3) is 0. The van der Waals surface area contributed by atoms with Gasteiger partial charge in [-0.1, -0.05) is 115 Å². The fourth-order valence-corrected chi connectivity index (χ4v) is 10.7. The number of aromatic hydroxyl groups is 2. The second-order valence-electron chi connectivity index (χ2n) is 13.3. The average Bonchev–Trinajstić information content (AvgIpc) is 3.29. The maximum atomic E-state index is 11.8. The summed E-state index contributed by atoms with van der Waals surface area (Å²) in [6, 6.07) is 66.7. The molecular weight excluding hydrogens is 786 g/mol. The molecule has 4 N–H and O–H groups in total. The van der Waals surface area contributed by atoms with E-state index in [2.05, 4.69) is 114 Å². The zero-order valence-electron chi connectivity index (χ0n) is 32.6. The molecule has 8 rings (SSSR count). The number of non-ortho nitro benzene ring substituents is 1. The van der Waals surface area contributed by atoms with Crippen LogP contribution in [0.1, 0.15) is 20.7 Å². The molecule has 0 radical (unpaired) electrons. The molecule has 10 nitrogen and oxygen atoms in total. The van der Waals surface area contributed by atoms with Gasteiger partial charge >= 0.3 is 0 Å². The van der Waals surface area contributed by atoms with E-state index in [1.807, 2.05) is 18.2 Å². The SMILES string of the molecule is O=C(Nc1ccc([N+](=O)[O-])cc1)c1ccccc1[O-].O=C(Nc1ccccc1)c1ccccc1O.Oc1ccc([P+](c2ccccc2)(c2ccccc2)c2ccccc2)cc1. The maximum Gasteiger partial charge on any atom is 0.269 e. The normalized spacial score (nSPS) is 10.4. The Morgan fingerprint density at radius 2 is 0.820 bits per heavy atom. The van der Waals surface area contributed by atoms with Crippen LogP contribution < -0.4 is 37.0 Å². The van der Waals surface area contributed by atoms with Crippen molar-refractivity contribution in [2.45, 2.75) is 0 Å². The molecule has 8 aromatic carbocycles. The molecule has 0 spiro atoms. The summed E-state index contributed by atoms with van der Waals surface area (Å²) in [5.74, 6) is -0.956. The van der Waals surface area contributed by atoms with E-state index >= 15 is 0 Å². The highest BCUT2D eigenvalue weighted by Gasteiger charge is 2.47. The number of para-hydroxylation sites is 3. The molecule has 2 amide bonds. The highest BCUT2D eigenvalue weighted by molar-refractivity contribution is 8.01. The van der Waals surface area contributed by atoms with E-state index in [1.54, 1.807) is 54.6 Å². The molecule has 0 saturated carbocycles. The summed E-state index contributed by atoms with van der Waals surface area (Å²) < 4.78 is 0. The summed E-state index contributed by atoms with van der Waals surface area (Å²) in [6.07, 6.45) is 0. The van der Waals surface area contributed by atoms with Gasteiger partial charge in [0.2, 0.25) is 0 Å². The molecule has 11 heteroatoms. The average molecular weight is 826 g/mol. The van der Waals surface area contributed by atoms with Gasteiger partial charge in [-0.3, -0.25) is 19.7 Å². The molecule has 61 heavy (non-hydrogen) atoms. The Morgan fingerprint density at radius 1 is 0.443 bits per heavy atom. The zero-order chi connectivity index (χ0) is 43.0. The number of anilines is 2. The van der Waals surface area contributed by atoms with Crippen molar-refractivity contribution in [3.05, 3.63) is 240 Å². The number of amides is 2. The molecule has 8 aromatic rings. The van der Waals surface area contributed by atoms with Crippen molar-refractivity contribution in [3.63, 3.8) is 0 Å². The van der Waals surface area contributed by atoms with Gasteiger partial charge in [-0.25, -0.2) is 0 Å². The van der Waals surface area contributed by atoms with Crippen molar-refractivity contribution in [3.8, 4) is 17.2 Å². The third-order valence-corrected chi connectivity index (χ3v) is 13.6. The lowest BCUT2D eigenvalue weighted by Gasteiger charge is -2.27. The maximum absolute atomic E-state index is 11.8. The van der Waals surface area contributed by atoms with Gasteiger partial charge < -0.3 is 26.0 Å². The van der Waals surface area contributed by atoms with Gasteiger partial charge in [0, 0.05) is 29.1 Å². The molecule has 0 aliphatic carbocycles. The van der Waals surface area contributed by atoms with Crippen molar-refractivity contribution in [1.29, 1.82) is 0 Å². The number of nitro groups is 1.